The molecule has 0 aliphatic carbocycles. The Morgan fingerprint density at radius 1 is 1.00 bits per heavy atom. The van der Waals surface area contributed by atoms with Gasteiger partial charge in [-0.2, -0.15) is 0 Å². The Balaban J connectivity index is 1.52. The van der Waals surface area contributed by atoms with Crippen LogP contribution in [0.2, 0.25) is 0 Å². The van der Waals surface area contributed by atoms with E-state index in [-0.39, 0.29) is 30.3 Å². The third-order valence-corrected chi connectivity index (χ3v) is 6.71. The van der Waals surface area contributed by atoms with Gasteiger partial charge in [0.25, 0.3) is 5.91 Å². The second-order valence-electron chi connectivity index (χ2n) is 7.56. The average molecular weight is 480 g/mol. The van der Waals surface area contributed by atoms with Crippen molar-refractivity contribution in [2.24, 2.45) is 0 Å². The minimum atomic E-state index is -3.81. The fourth-order valence-corrected chi connectivity index (χ4v) is 4.84. The number of hydrogen-bond donors (Lipinski definition) is 4. The van der Waals surface area contributed by atoms with Gasteiger partial charge in [0, 0.05) is 23.7 Å². The molecule has 0 bridgehead atoms. The molecule has 1 saturated heterocycles. The number of sulfonamides is 1. The number of halogens is 3. The number of hydrogen-bond acceptors (Lipinski definition) is 4. The van der Waals surface area contributed by atoms with Crippen LogP contribution in [0, 0.1) is 17.5 Å². The molecule has 0 spiro atoms. The van der Waals surface area contributed by atoms with Crippen molar-refractivity contribution >= 4 is 32.9 Å². The number of rotatable bonds is 8. The molecule has 3 amide bonds. The summed E-state index contributed by atoms with van der Waals surface area (Å²) in [4.78, 5) is 25.6. The molecule has 0 saturated carbocycles. The lowest BCUT2D eigenvalue weighted by molar-refractivity contribution is -0.120. The van der Waals surface area contributed by atoms with Crippen LogP contribution >= 0.6 is 0 Å². The molecule has 12 heteroatoms. The lowest BCUT2D eigenvalue weighted by atomic mass is 10.0. The van der Waals surface area contributed by atoms with E-state index in [1.165, 1.54) is 24.3 Å². The quantitative estimate of drug-likeness (QED) is 0.370. The van der Waals surface area contributed by atoms with Gasteiger partial charge in [0.15, 0.2) is 0 Å². The summed E-state index contributed by atoms with van der Waals surface area (Å²) in [6.45, 7) is -0.0924. The van der Waals surface area contributed by atoms with E-state index in [0.717, 1.165) is 12.1 Å². The topological polar surface area (TPSA) is 120 Å². The van der Waals surface area contributed by atoms with Gasteiger partial charge in [-0.3, -0.25) is 10.1 Å². The molecule has 1 aromatic heterocycles. The van der Waals surface area contributed by atoms with Crippen LogP contribution in [0.3, 0.4) is 0 Å². The molecule has 174 valence electrons. The Morgan fingerprint density at radius 3 is 2.39 bits per heavy atom. The zero-order chi connectivity index (χ0) is 23.8. The first-order chi connectivity index (χ1) is 15.6. The van der Waals surface area contributed by atoms with Crippen molar-refractivity contribution in [3.05, 3.63) is 59.4 Å². The van der Waals surface area contributed by atoms with Crippen molar-refractivity contribution in [1.82, 2.24) is 20.3 Å². The van der Waals surface area contributed by atoms with Crippen LogP contribution in [0.25, 0.3) is 22.2 Å². The summed E-state index contributed by atoms with van der Waals surface area (Å²) in [5.74, 6) is -3.07. The van der Waals surface area contributed by atoms with E-state index in [0.29, 0.717) is 16.8 Å². The highest BCUT2D eigenvalue weighted by Crippen LogP contribution is 2.32. The van der Waals surface area contributed by atoms with Crippen molar-refractivity contribution in [1.29, 1.82) is 0 Å². The number of benzene rings is 2. The van der Waals surface area contributed by atoms with Crippen LogP contribution in [-0.4, -0.2) is 43.7 Å². The molecular formula is C21H19F3N4O4S. The normalized spacial score (nSPS) is 16.3. The van der Waals surface area contributed by atoms with Gasteiger partial charge in [-0.25, -0.2) is 31.1 Å². The Kier molecular flexibility index (Phi) is 6.13. The molecule has 1 aliphatic heterocycles. The number of urea groups is 1. The standard InChI is InChI=1S/C21H19F3N4O4S/c22-12-3-1-11(2-4-12)18-14(15-9-13(23)10-16(24)19(15)27-18)5-7-25-33(31,32)8-6-17-20(29)28-21(30)26-17/h1-4,9-10,17,25,27H,5-8H2,(H2,26,28,29,30). The predicted octanol–water partition coefficient (Wildman–Crippen LogP) is 2.31. The smallest absolute Gasteiger partial charge is 0.322 e. The number of amides is 3. The van der Waals surface area contributed by atoms with Gasteiger partial charge < -0.3 is 10.3 Å². The third kappa shape index (κ3) is 5.01. The lowest BCUT2D eigenvalue weighted by Crippen LogP contribution is -2.35. The fourth-order valence-electron chi connectivity index (χ4n) is 3.74. The third-order valence-electron chi connectivity index (χ3n) is 5.30. The minimum Gasteiger partial charge on any atom is -0.352 e. The number of fused-ring (bicyclic) bond motifs is 1. The monoisotopic (exact) mass is 480 g/mol. The first kappa shape index (κ1) is 22.8. The molecule has 2 aromatic carbocycles. The zero-order valence-corrected chi connectivity index (χ0v) is 17.9. The van der Waals surface area contributed by atoms with E-state index in [1.807, 2.05) is 5.32 Å². The fraction of sp³-hybridized carbons (Fsp3) is 0.238. The van der Waals surface area contributed by atoms with Crippen LogP contribution in [0.1, 0.15) is 12.0 Å². The summed E-state index contributed by atoms with van der Waals surface area (Å²) in [6.07, 6.45) is -0.0350. The molecule has 1 fully saturated rings. The van der Waals surface area contributed by atoms with Crippen LogP contribution < -0.4 is 15.4 Å². The van der Waals surface area contributed by atoms with Crippen LogP contribution in [-0.2, 0) is 21.2 Å². The Labute approximate surface area is 186 Å². The minimum absolute atomic E-state index is 0.0524. The van der Waals surface area contributed by atoms with Gasteiger partial charge in [-0.1, -0.05) is 0 Å². The van der Waals surface area contributed by atoms with Gasteiger partial charge in [-0.05, 0) is 54.3 Å². The molecule has 1 aliphatic rings. The van der Waals surface area contributed by atoms with Crippen LogP contribution in [0.4, 0.5) is 18.0 Å². The van der Waals surface area contributed by atoms with E-state index in [9.17, 15) is 31.2 Å². The summed E-state index contributed by atoms with van der Waals surface area (Å²) in [7, 11) is -3.81. The maximum absolute atomic E-state index is 14.3. The number of carbonyl (C=O) groups excluding carboxylic acids is 2. The van der Waals surface area contributed by atoms with Crippen LogP contribution in [0.15, 0.2) is 36.4 Å². The SMILES string of the molecule is O=C1NC(=O)C(CCS(=O)(=O)NCCc2c(-c3ccc(F)cc3)[nH]c3c(F)cc(F)cc23)N1. The summed E-state index contributed by atoms with van der Waals surface area (Å²) in [5, 5.41) is 4.59. The number of carbonyl (C=O) groups is 2. The summed E-state index contributed by atoms with van der Waals surface area (Å²) in [6, 6.07) is 5.67. The highest BCUT2D eigenvalue weighted by atomic mass is 32.2. The highest BCUT2D eigenvalue weighted by Gasteiger charge is 2.30. The van der Waals surface area contributed by atoms with Crippen molar-refractivity contribution in [3.8, 4) is 11.3 Å². The van der Waals surface area contributed by atoms with E-state index in [2.05, 4.69) is 15.0 Å². The van der Waals surface area contributed by atoms with Crippen LogP contribution in [0.5, 0.6) is 0 Å². The molecule has 33 heavy (non-hydrogen) atoms. The lowest BCUT2D eigenvalue weighted by Gasteiger charge is -2.10. The van der Waals surface area contributed by atoms with Gasteiger partial charge in [0.1, 0.15) is 23.5 Å². The largest absolute Gasteiger partial charge is 0.352 e. The van der Waals surface area contributed by atoms with Gasteiger partial charge in [0.05, 0.1) is 11.3 Å². The van der Waals surface area contributed by atoms with Gasteiger partial charge in [-0.15, -0.1) is 0 Å². The molecule has 3 aromatic rings. The number of nitrogens with one attached hydrogen (secondary N) is 4. The first-order valence-corrected chi connectivity index (χ1v) is 11.6. The number of H-pyrrole nitrogens is 1. The molecule has 4 N–H and O–H groups in total. The van der Waals surface area contributed by atoms with Gasteiger partial charge in [0.2, 0.25) is 10.0 Å². The summed E-state index contributed by atoms with van der Waals surface area (Å²) < 4.78 is 68.6. The van der Waals surface area contributed by atoms with E-state index >= 15 is 0 Å². The van der Waals surface area contributed by atoms with Gasteiger partial charge >= 0.3 is 6.03 Å². The van der Waals surface area contributed by atoms with Crippen molar-refractivity contribution in [3.63, 3.8) is 0 Å². The highest BCUT2D eigenvalue weighted by molar-refractivity contribution is 7.89. The summed E-state index contributed by atoms with van der Waals surface area (Å²) >= 11 is 0. The van der Waals surface area contributed by atoms with Crippen molar-refractivity contribution < 1.29 is 31.2 Å². The molecule has 1 atom stereocenters. The Hall–Kier alpha value is -3.38. The predicted molar refractivity (Wildman–Crippen MR) is 114 cm³/mol. The zero-order valence-electron chi connectivity index (χ0n) is 17.0. The van der Waals surface area contributed by atoms with E-state index in [1.54, 1.807) is 0 Å². The van der Waals surface area contributed by atoms with E-state index in [4.69, 9.17) is 0 Å². The maximum atomic E-state index is 14.3. The maximum Gasteiger partial charge on any atom is 0.322 e. The Bertz CT molecular complexity index is 1340. The van der Waals surface area contributed by atoms with Crippen molar-refractivity contribution in [2.75, 3.05) is 12.3 Å². The Morgan fingerprint density at radius 2 is 1.73 bits per heavy atom. The number of aromatic amines is 1. The molecular weight excluding hydrogens is 461 g/mol. The summed E-state index contributed by atoms with van der Waals surface area (Å²) in [5.41, 5.74) is 1.45. The second-order valence-corrected chi connectivity index (χ2v) is 9.49. The average Bonchev–Trinajstić information content (AvgIpc) is 3.26. The molecule has 4 rings (SSSR count). The molecule has 1 unspecified atom stereocenters. The molecule has 0 radical (unpaired) electrons. The molecule has 2 heterocycles. The van der Waals surface area contributed by atoms with E-state index < -0.39 is 51.2 Å². The number of aromatic nitrogens is 1. The second kappa shape index (κ2) is 8.87. The molecule has 8 nitrogen and oxygen atoms in total. The van der Waals surface area contributed by atoms with Crippen molar-refractivity contribution in [2.45, 2.75) is 18.9 Å². The first-order valence-electron chi connectivity index (χ1n) is 9.97. The number of imide groups is 1.